The van der Waals surface area contributed by atoms with Crippen molar-refractivity contribution in [3.63, 3.8) is 0 Å². The minimum absolute atomic E-state index is 1.57. The lowest BCUT2D eigenvalue weighted by Gasteiger charge is -2.20. The van der Waals surface area contributed by atoms with E-state index in [4.69, 9.17) is 11.1 Å². The molecule has 50 valence electrons. The molecule has 0 aromatic carbocycles. The summed E-state index contributed by atoms with van der Waals surface area (Å²) in [6, 6.07) is 0. The summed E-state index contributed by atoms with van der Waals surface area (Å²) >= 11 is 5.91. The fraction of sp³-hybridized carbons (Fsp3) is 1.00. The monoisotopic (exact) mass is 152 g/mol. The zero-order valence-electron chi connectivity index (χ0n) is 5.83. The van der Waals surface area contributed by atoms with Gasteiger partial charge in [0.15, 0.2) is 0 Å². The highest BCUT2D eigenvalue weighted by molar-refractivity contribution is 7.17. The average molecular weight is 153 g/mol. The number of hydrogen-bond donors (Lipinski definition) is 1. The van der Waals surface area contributed by atoms with Gasteiger partial charge in [0.05, 0.1) is 0 Å². The molecule has 8 heavy (non-hydrogen) atoms. The molecule has 0 fully saturated rings. The molecule has 0 heterocycles. The molecule has 0 spiro atoms. The van der Waals surface area contributed by atoms with E-state index in [0.29, 0.717) is 0 Å². The van der Waals surface area contributed by atoms with Crippen LogP contribution in [0.1, 0.15) is 0 Å². The second kappa shape index (κ2) is 2.82. The lowest BCUT2D eigenvalue weighted by Crippen LogP contribution is -2.47. The van der Waals surface area contributed by atoms with Crippen LogP contribution in [0.4, 0.5) is 0 Å². The Labute approximate surface area is 56.6 Å². The van der Waals surface area contributed by atoms with Crippen molar-refractivity contribution in [3.05, 3.63) is 0 Å². The van der Waals surface area contributed by atoms with Crippen LogP contribution in [-0.2, 0) is 0 Å². The van der Waals surface area contributed by atoms with Crippen LogP contribution in [0.5, 0.6) is 0 Å². The number of rotatable bonds is 2. The summed E-state index contributed by atoms with van der Waals surface area (Å²) in [5.74, 6) is 0. The third-order valence-corrected chi connectivity index (χ3v) is 1.72. The van der Waals surface area contributed by atoms with E-state index in [1.54, 1.807) is 0 Å². The quantitative estimate of drug-likeness (QED) is 0.361. The van der Waals surface area contributed by atoms with Gasteiger partial charge in [-0.1, -0.05) is 0 Å². The normalized spacial score (nSPS) is 12.8. The number of nitrogens with zero attached hydrogens (tertiary/aromatic N) is 1. The molecule has 0 unspecified atom stereocenters. The van der Waals surface area contributed by atoms with Gasteiger partial charge in [-0.3, -0.25) is 10.1 Å². The molecule has 1 N–H and O–H groups in total. The summed E-state index contributed by atoms with van der Waals surface area (Å²) in [4.78, 5) is 0. The van der Waals surface area contributed by atoms with Gasteiger partial charge >= 0.3 is 0 Å². The third kappa shape index (κ3) is 6.43. The van der Waals surface area contributed by atoms with Crippen molar-refractivity contribution in [1.82, 2.24) is 10.1 Å². The molecule has 0 radical (unpaired) electrons. The lowest BCUT2D eigenvalue weighted by atomic mass is 11.2. The van der Waals surface area contributed by atoms with E-state index < -0.39 is 7.55 Å². The van der Waals surface area contributed by atoms with Crippen molar-refractivity contribution < 1.29 is 0 Å². The Morgan fingerprint density at radius 3 is 1.75 bits per heavy atom. The number of hydrazine groups is 1. The fourth-order valence-electron chi connectivity index (χ4n) is 0.532. The smallest absolute Gasteiger partial charge is 0.233 e. The molecule has 0 aromatic rings. The first-order valence-corrected chi connectivity index (χ1v) is 6.57. The van der Waals surface area contributed by atoms with Gasteiger partial charge in [-0.05, 0) is 13.1 Å². The van der Waals surface area contributed by atoms with Crippen molar-refractivity contribution >= 4 is 18.6 Å². The van der Waals surface area contributed by atoms with Gasteiger partial charge in [-0.25, -0.2) is 0 Å². The van der Waals surface area contributed by atoms with Crippen LogP contribution in [0.2, 0.25) is 13.1 Å². The Morgan fingerprint density at radius 1 is 1.38 bits per heavy atom. The van der Waals surface area contributed by atoms with E-state index in [1.165, 1.54) is 0 Å². The molecule has 0 amide bonds. The van der Waals surface area contributed by atoms with Crippen LogP contribution in [0.15, 0.2) is 0 Å². The standard InChI is InChI=1S/C4H13ClN2Si/c1-7(2)6-8(3,4)5/h6H,1-4H3. The van der Waals surface area contributed by atoms with Crippen LogP contribution >= 0.6 is 11.1 Å². The van der Waals surface area contributed by atoms with Gasteiger partial charge in [0, 0.05) is 14.1 Å². The first-order valence-electron chi connectivity index (χ1n) is 2.56. The van der Waals surface area contributed by atoms with Crippen molar-refractivity contribution in [2.45, 2.75) is 13.1 Å². The summed E-state index contributed by atoms with van der Waals surface area (Å²) in [6.45, 7) is 4.07. The molecule has 0 aliphatic carbocycles. The summed E-state index contributed by atoms with van der Waals surface area (Å²) in [7, 11) is 2.31. The Bertz CT molecular complexity index is 68.9. The summed E-state index contributed by atoms with van der Waals surface area (Å²) in [5.41, 5.74) is 0. The van der Waals surface area contributed by atoms with E-state index in [1.807, 2.05) is 32.2 Å². The summed E-state index contributed by atoms with van der Waals surface area (Å²) in [6.07, 6.45) is 0. The minimum atomic E-state index is -1.57. The van der Waals surface area contributed by atoms with Crippen LogP contribution < -0.4 is 5.09 Å². The minimum Gasteiger partial charge on any atom is -0.262 e. The van der Waals surface area contributed by atoms with Crippen LogP contribution in [0.25, 0.3) is 0 Å². The molecule has 0 atom stereocenters. The maximum absolute atomic E-state index is 5.91. The van der Waals surface area contributed by atoms with Crippen LogP contribution in [0, 0.1) is 0 Å². The molecular formula is C4H13ClN2Si. The molecule has 0 saturated heterocycles. The second-order valence-electron chi connectivity index (χ2n) is 2.48. The fourth-order valence-corrected chi connectivity index (χ4v) is 2.10. The van der Waals surface area contributed by atoms with E-state index in [0.717, 1.165) is 0 Å². The van der Waals surface area contributed by atoms with Crippen molar-refractivity contribution in [1.29, 1.82) is 0 Å². The highest BCUT2D eigenvalue weighted by Crippen LogP contribution is 2.00. The van der Waals surface area contributed by atoms with Gasteiger partial charge in [0.25, 0.3) is 0 Å². The van der Waals surface area contributed by atoms with Gasteiger partial charge in [0.2, 0.25) is 7.55 Å². The van der Waals surface area contributed by atoms with Crippen molar-refractivity contribution in [2.24, 2.45) is 0 Å². The van der Waals surface area contributed by atoms with Crippen LogP contribution in [-0.4, -0.2) is 26.6 Å². The molecule has 0 saturated carbocycles. The molecule has 0 aromatic heterocycles. The lowest BCUT2D eigenvalue weighted by molar-refractivity contribution is 0.367. The first kappa shape index (κ1) is 8.43. The molecule has 0 aliphatic heterocycles. The zero-order valence-corrected chi connectivity index (χ0v) is 7.58. The van der Waals surface area contributed by atoms with E-state index in [9.17, 15) is 0 Å². The van der Waals surface area contributed by atoms with E-state index in [2.05, 4.69) is 5.09 Å². The molecule has 0 bridgehead atoms. The first-order chi connectivity index (χ1) is 3.42. The molecule has 4 heteroatoms. The van der Waals surface area contributed by atoms with E-state index >= 15 is 0 Å². The largest absolute Gasteiger partial charge is 0.262 e. The molecular weight excluding hydrogens is 140 g/mol. The van der Waals surface area contributed by atoms with Crippen molar-refractivity contribution in [2.75, 3.05) is 14.1 Å². The molecule has 2 nitrogen and oxygen atoms in total. The van der Waals surface area contributed by atoms with Gasteiger partial charge in [-0.2, -0.15) is 0 Å². The third-order valence-electron chi connectivity index (χ3n) is 0.489. The predicted octanol–water partition coefficient (Wildman–Crippen LogP) is 0.993. The topological polar surface area (TPSA) is 15.3 Å². The highest BCUT2D eigenvalue weighted by atomic mass is 35.6. The Kier molecular flexibility index (Phi) is 2.97. The maximum atomic E-state index is 5.91. The summed E-state index contributed by atoms with van der Waals surface area (Å²) in [5, 5.41) is 5.01. The van der Waals surface area contributed by atoms with Gasteiger partial charge < -0.3 is 0 Å². The zero-order chi connectivity index (χ0) is 6.78. The number of nitrogens with one attached hydrogen (secondary N) is 1. The molecule has 0 rings (SSSR count). The maximum Gasteiger partial charge on any atom is 0.233 e. The van der Waals surface area contributed by atoms with Crippen molar-refractivity contribution in [3.8, 4) is 0 Å². The predicted molar refractivity (Wildman–Crippen MR) is 40.2 cm³/mol. The SMILES string of the molecule is CN(C)N[Si](C)(C)Cl. The highest BCUT2D eigenvalue weighted by Gasteiger charge is 2.16. The van der Waals surface area contributed by atoms with E-state index in [-0.39, 0.29) is 0 Å². The second-order valence-corrected chi connectivity index (χ2v) is 8.48. The number of halogens is 1. The summed E-state index contributed by atoms with van der Waals surface area (Å²) < 4.78 is 0. The average Bonchev–Trinajstić information content (AvgIpc) is 1.21. The van der Waals surface area contributed by atoms with Gasteiger partial charge in [-0.15, -0.1) is 11.1 Å². The Morgan fingerprint density at radius 2 is 1.75 bits per heavy atom. The van der Waals surface area contributed by atoms with Crippen LogP contribution in [0.3, 0.4) is 0 Å². The molecule has 0 aliphatic rings. The Hall–Kier alpha value is 0.427. The van der Waals surface area contributed by atoms with Gasteiger partial charge in [0.1, 0.15) is 0 Å². The number of hydrogen-bond acceptors (Lipinski definition) is 2. The Balaban J connectivity index is 3.39.